The number of carbonyl (C=O) groups is 3. The highest BCUT2D eigenvalue weighted by atomic mass is 79.9. The molecule has 2 amide bonds. The van der Waals surface area contributed by atoms with E-state index in [4.69, 9.17) is 4.74 Å². The smallest absolute Gasteiger partial charge is 0.310 e. The lowest BCUT2D eigenvalue weighted by Crippen LogP contribution is -2.58. The van der Waals surface area contributed by atoms with E-state index >= 15 is 0 Å². The molecule has 2 bridgehead atoms. The van der Waals surface area contributed by atoms with E-state index < -0.39 is 47.5 Å². The van der Waals surface area contributed by atoms with Crippen molar-refractivity contribution in [3.05, 3.63) is 12.7 Å². The van der Waals surface area contributed by atoms with Crippen LogP contribution < -0.4 is 0 Å². The molecule has 0 saturated carbocycles. The second-order valence-electron chi connectivity index (χ2n) is 8.21. The van der Waals surface area contributed by atoms with Crippen molar-refractivity contribution in [3.8, 4) is 0 Å². The number of ether oxygens (including phenoxy) is 1. The van der Waals surface area contributed by atoms with Gasteiger partial charge in [0.15, 0.2) is 0 Å². The zero-order valence-corrected chi connectivity index (χ0v) is 18.4. The number of fused-ring (bicyclic) bond motifs is 1. The lowest BCUT2D eigenvalue weighted by Gasteiger charge is -2.38. The Labute approximate surface area is 179 Å². The summed E-state index contributed by atoms with van der Waals surface area (Å²) in [5.41, 5.74) is -1.20. The Kier molecular flexibility index (Phi) is 6.41. The largest absolute Gasteiger partial charge is 0.481 e. The lowest BCUT2D eigenvalue weighted by atomic mass is 9.70. The standard InChI is InChI=1S/C20H29BrN2O6/c1-4-6-8-22(7-5-2)18(26)16-20-9-12(21)15(29-20)13(19(27)28)14(20)17(25)23(16)11(3)10-24/h5,11-16,24H,2,4,6-10H2,1,3H3,(H,27,28)/t11-,12?,13+,14-,15+,16+,20-/m1/s1. The molecule has 7 atom stereocenters. The number of aliphatic hydroxyl groups excluding tert-OH is 1. The summed E-state index contributed by atoms with van der Waals surface area (Å²) in [6.07, 6.45) is 3.05. The van der Waals surface area contributed by atoms with Gasteiger partial charge < -0.3 is 24.7 Å². The molecule has 29 heavy (non-hydrogen) atoms. The minimum atomic E-state index is -1.20. The zero-order valence-electron chi connectivity index (χ0n) is 16.8. The van der Waals surface area contributed by atoms with Crippen LogP contribution in [-0.2, 0) is 19.1 Å². The number of hydrogen-bond acceptors (Lipinski definition) is 5. The predicted molar refractivity (Wildman–Crippen MR) is 108 cm³/mol. The van der Waals surface area contributed by atoms with Crippen LogP contribution in [0.2, 0.25) is 0 Å². The van der Waals surface area contributed by atoms with Gasteiger partial charge in [0.2, 0.25) is 11.8 Å². The number of carboxylic acid groups (broad SMARTS) is 1. The topological polar surface area (TPSA) is 107 Å². The van der Waals surface area contributed by atoms with E-state index in [1.54, 1.807) is 17.9 Å². The summed E-state index contributed by atoms with van der Waals surface area (Å²) in [5, 5.41) is 19.6. The summed E-state index contributed by atoms with van der Waals surface area (Å²) >= 11 is 3.51. The molecule has 3 rings (SSSR count). The molecule has 0 radical (unpaired) electrons. The maximum absolute atomic E-state index is 13.7. The Morgan fingerprint density at radius 1 is 1.52 bits per heavy atom. The fraction of sp³-hybridized carbons (Fsp3) is 0.750. The monoisotopic (exact) mass is 472 g/mol. The molecule has 3 heterocycles. The highest BCUT2D eigenvalue weighted by molar-refractivity contribution is 9.09. The Bertz CT molecular complexity index is 702. The number of carbonyl (C=O) groups excluding carboxylic acids is 2. The van der Waals surface area contributed by atoms with Gasteiger partial charge in [-0.3, -0.25) is 14.4 Å². The van der Waals surface area contributed by atoms with Crippen LogP contribution in [0.15, 0.2) is 12.7 Å². The second kappa shape index (κ2) is 8.35. The minimum absolute atomic E-state index is 0.254. The fourth-order valence-corrected chi connectivity index (χ4v) is 6.10. The van der Waals surface area contributed by atoms with E-state index in [2.05, 4.69) is 22.5 Å². The van der Waals surface area contributed by atoms with Crippen LogP contribution >= 0.6 is 15.9 Å². The van der Waals surface area contributed by atoms with E-state index in [0.717, 1.165) is 12.8 Å². The average molecular weight is 473 g/mol. The highest BCUT2D eigenvalue weighted by Crippen LogP contribution is 2.60. The number of rotatable bonds is 9. The summed E-state index contributed by atoms with van der Waals surface area (Å²) in [4.78, 5) is 41.8. The maximum atomic E-state index is 13.7. The van der Waals surface area contributed by atoms with Crippen molar-refractivity contribution < 1.29 is 29.3 Å². The van der Waals surface area contributed by atoms with Crippen LogP contribution in [0, 0.1) is 11.8 Å². The normalized spacial score (nSPS) is 36.2. The highest BCUT2D eigenvalue weighted by Gasteiger charge is 2.77. The van der Waals surface area contributed by atoms with Crippen molar-refractivity contribution in [1.82, 2.24) is 9.80 Å². The Hall–Kier alpha value is -1.45. The number of aliphatic hydroxyl groups is 1. The van der Waals surface area contributed by atoms with E-state index in [1.807, 2.05) is 6.92 Å². The molecule has 0 aliphatic carbocycles. The van der Waals surface area contributed by atoms with Crippen molar-refractivity contribution in [3.63, 3.8) is 0 Å². The molecule has 2 N–H and O–H groups in total. The van der Waals surface area contributed by atoms with Gasteiger partial charge in [-0.1, -0.05) is 35.4 Å². The maximum Gasteiger partial charge on any atom is 0.310 e. The third kappa shape index (κ3) is 3.31. The number of unbranched alkanes of at least 4 members (excludes halogenated alkanes) is 1. The van der Waals surface area contributed by atoms with Crippen molar-refractivity contribution in [1.29, 1.82) is 0 Å². The van der Waals surface area contributed by atoms with Gasteiger partial charge in [-0.05, 0) is 19.8 Å². The minimum Gasteiger partial charge on any atom is -0.481 e. The number of nitrogens with zero attached hydrogens (tertiary/aromatic N) is 2. The molecular formula is C20H29BrN2O6. The molecule has 3 saturated heterocycles. The van der Waals surface area contributed by atoms with E-state index in [1.165, 1.54) is 4.90 Å². The summed E-state index contributed by atoms with van der Waals surface area (Å²) in [5.74, 6) is -3.75. The van der Waals surface area contributed by atoms with E-state index in [9.17, 15) is 24.6 Å². The molecule has 162 valence electrons. The van der Waals surface area contributed by atoms with Gasteiger partial charge in [0.25, 0.3) is 0 Å². The molecule has 3 aliphatic rings. The van der Waals surface area contributed by atoms with Crippen LogP contribution in [0.25, 0.3) is 0 Å². The number of hydrogen-bond donors (Lipinski definition) is 2. The first kappa shape index (κ1) is 22.2. The second-order valence-corrected chi connectivity index (χ2v) is 9.38. The Balaban J connectivity index is 2.06. The number of halogens is 1. The first-order valence-corrected chi connectivity index (χ1v) is 11.0. The van der Waals surface area contributed by atoms with Gasteiger partial charge in [-0.2, -0.15) is 0 Å². The molecule has 1 spiro atoms. The van der Waals surface area contributed by atoms with E-state index in [-0.39, 0.29) is 17.3 Å². The third-order valence-corrected chi connectivity index (χ3v) is 7.27. The number of amides is 2. The summed E-state index contributed by atoms with van der Waals surface area (Å²) < 4.78 is 6.19. The number of carboxylic acids is 1. The molecule has 9 heteroatoms. The van der Waals surface area contributed by atoms with Crippen LogP contribution in [-0.4, -0.2) is 86.1 Å². The summed E-state index contributed by atoms with van der Waals surface area (Å²) in [6, 6.07) is -1.59. The molecule has 8 nitrogen and oxygen atoms in total. The molecular weight excluding hydrogens is 444 g/mol. The quantitative estimate of drug-likeness (QED) is 0.383. The molecule has 3 aliphatic heterocycles. The SMILES string of the molecule is C=CCN(CCCC)C(=O)[C@@H]1N([C@H](C)CO)C(=O)[C@H]2[C@H](C(=O)O)[C@H]3O[C@@]12CC3Br. The molecule has 0 aromatic heterocycles. The van der Waals surface area contributed by atoms with Crippen molar-refractivity contribution in [2.45, 2.75) is 61.7 Å². The Morgan fingerprint density at radius 2 is 2.21 bits per heavy atom. The third-order valence-electron chi connectivity index (χ3n) is 6.43. The molecule has 0 aromatic carbocycles. The van der Waals surface area contributed by atoms with Crippen LogP contribution in [0.1, 0.15) is 33.1 Å². The zero-order chi connectivity index (χ0) is 21.5. The summed E-state index contributed by atoms with van der Waals surface area (Å²) in [6.45, 7) is 7.93. The number of aliphatic carboxylic acids is 1. The van der Waals surface area contributed by atoms with Crippen molar-refractivity contribution in [2.24, 2.45) is 11.8 Å². The average Bonchev–Trinajstić information content (AvgIpc) is 3.27. The first-order chi connectivity index (χ1) is 13.7. The first-order valence-electron chi connectivity index (χ1n) is 10.1. The van der Waals surface area contributed by atoms with Gasteiger partial charge in [0.05, 0.1) is 30.6 Å². The number of likely N-dealkylation sites (tertiary alicyclic amines) is 1. The molecule has 0 aromatic rings. The number of alkyl halides is 1. The fourth-order valence-electron chi connectivity index (χ4n) is 5.16. The Morgan fingerprint density at radius 3 is 2.76 bits per heavy atom. The van der Waals surface area contributed by atoms with Gasteiger partial charge >= 0.3 is 5.97 Å². The van der Waals surface area contributed by atoms with Gasteiger partial charge in [-0.25, -0.2) is 0 Å². The lowest BCUT2D eigenvalue weighted by molar-refractivity contribution is -0.152. The van der Waals surface area contributed by atoms with Crippen molar-refractivity contribution in [2.75, 3.05) is 19.7 Å². The van der Waals surface area contributed by atoms with Crippen LogP contribution in [0.3, 0.4) is 0 Å². The van der Waals surface area contributed by atoms with Crippen LogP contribution in [0.5, 0.6) is 0 Å². The van der Waals surface area contributed by atoms with Crippen molar-refractivity contribution >= 4 is 33.7 Å². The molecule has 1 unspecified atom stereocenters. The predicted octanol–water partition coefficient (Wildman–Crippen LogP) is 1.01. The van der Waals surface area contributed by atoms with Gasteiger partial charge in [0.1, 0.15) is 11.6 Å². The van der Waals surface area contributed by atoms with Crippen LogP contribution in [0.4, 0.5) is 0 Å². The van der Waals surface area contributed by atoms with Gasteiger partial charge in [0, 0.05) is 17.9 Å². The summed E-state index contributed by atoms with van der Waals surface area (Å²) in [7, 11) is 0. The molecule has 3 fully saturated rings. The van der Waals surface area contributed by atoms with E-state index in [0.29, 0.717) is 19.5 Å². The van der Waals surface area contributed by atoms with Gasteiger partial charge in [-0.15, -0.1) is 6.58 Å².